The number of hydrogen-bond donors (Lipinski definition) is 1. The molecule has 0 unspecified atom stereocenters. The van der Waals surface area contributed by atoms with Crippen LogP contribution in [0.1, 0.15) is 31.7 Å². The van der Waals surface area contributed by atoms with Crippen molar-refractivity contribution >= 4 is 44.2 Å². The maximum atomic E-state index is 13.4. The molecule has 2 aliphatic rings. The Balaban J connectivity index is 1.28. The van der Waals surface area contributed by atoms with Crippen LogP contribution in [0, 0.1) is 0 Å². The van der Waals surface area contributed by atoms with Crippen LogP contribution in [0.25, 0.3) is 10.8 Å². The molecule has 0 spiro atoms. The van der Waals surface area contributed by atoms with Gasteiger partial charge in [-0.25, -0.2) is 8.42 Å². The molecule has 2 amide bonds. The van der Waals surface area contributed by atoms with Crippen molar-refractivity contribution in [1.29, 1.82) is 0 Å². The smallest absolute Gasteiger partial charge is 0.245 e. The number of benzene rings is 2. The summed E-state index contributed by atoms with van der Waals surface area (Å²) < 4.78 is 28.7. The van der Waals surface area contributed by atoms with E-state index in [9.17, 15) is 18.0 Å². The molecule has 1 aliphatic carbocycles. The van der Waals surface area contributed by atoms with E-state index in [1.54, 1.807) is 49.6 Å². The predicted molar refractivity (Wildman–Crippen MR) is 137 cm³/mol. The number of halogens is 1. The Kier molecular flexibility index (Phi) is 6.72. The average Bonchev–Trinajstić information content (AvgIpc) is 3.65. The molecule has 188 valence electrons. The third kappa shape index (κ3) is 5.09. The van der Waals surface area contributed by atoms with Crippen molar-refractivity contribution < 1.29 is 18.0 Å². The first kappa shape index (κ1) is 24.7. The molecule has 1 N–H and O–H groups in total. The van der Waals surface area contributed by atoms with Gasteiger partial charge in [0.2, 0.25) is 21.8 Å². The number of amides is 2. The number of fused-ring (bicyclic) bond motifs is 1. The molecule has 1 saturated carbocycles. The quantitative estimate of drug-likeness (QED) is 0.485. The van der Waals surface area contributed by atoms with E-state index in [-0.39, 0.29) is 22.8 Å². The maximum Gasteiger partial charge on any atom is 0.245 e. The number of pyridine rings is 1. The molecular formula is C26H27ClN4O4S. The molecule has 2 aromatic carbocycles. The van der Waals surface area contributed by atoms with Crippen LogP contribution in [0.3, 0.4) is 0 Å². The normalized spacial score (nSPS) is 19.0. The fourth-order valence-electron chi connectivity index (χ4n) is 4.64. The first-order chi connectivity index (χ1) is 17.2. The molecule has 5 rings (SSSR count). The number of carbonyl (C=O) groups is 2. The lowest BCUT2D eigenvalue weighted by molar-refractivity contribution is -0.144. The van der Waals surface area contributed by atoms with E-state index in [1.165, 1.54) is 11.0 Å². The second-order valence-corrected chi connectivity index (χ2v) is 11.5. The van der Waals surface area contributed by atoms with Crippen LogP contribution in [0.2, 0.25) is 5.02 Å². The number of likely N-dealkylation sites (tertiary alicyclic amines) is 1. The van der Waals surface area contributed by atoms with Crippen LogP contribution in [0.5, 0.6) is 0 Å². The van der Waals surface area contributed by atoms with Gasteiger partial charge in [0.1, 0.15) is 12.1 Å². The summed E-state index contributed by atoms with van der Waals surface area (Å²) in [7, 11) is -3.94. The standard InChI is InChI=1S/C26H27ClN4O4S/c1-17(25(32)31(22-5-6-22)16-18-8-11-28-12-9-18)30-13-10-24(26(30)33)29-36(34,35)23-7-3-19-14-21(27)4-2-20(19)15-23/h2-4,7-9,11-12,14-15,17,22,24,29H,5-6,10,13,16H2,1H3/t17-,24-/m0/s1. The van der Waals surface area contributed by atoms with Crippen molar-refractivity contribution in [3.63, 3.8) is 0 Å². The Labute approximate surface area is 215 Å². The summed E-state index contributed by atoms with van der Waals surface area (Å²) >= 11 is 6.02. The number of sulfonamides is 1. The molecule has 2 fully saturated rings. The zero-order valence-electron chi connectivity index (χ0n) is 19.8. The second-order valence-electron chi connectivity index (χ2n) is 9.38. The van der Waals surface area contributed by atoms with Crippen LogP contribution in [0.4, 0.5) is 0 Å². The highest BCUT2D eigenvalue weighted by Gasteiger charge is 2.42. The topological polar surface area (TPSA) is 99.7 Å². The lowest BCUT2D eigenvalue weighted by Gasteiger charge is -2.31. The van der Waals surface area contributed by atoms with Gasteiger partial charge < -0.3 is 9.80 Å². The predicted octanol–water partition coefficient (Wildman–Crippen LogP) is 3.35. The zero-order valence-corrected chi connectivity index (χ0v) is 21.4. The summed E-state index contributed by atoms with van der Waals surface area (Å²) in [5.74, 6) is -0.508. The molecule has 1 aromatic heterocycles. The number of rotatable bonds is 8. The minimum absolute atomic E-state index is 0.0740. The third-order valence-electron chi connectivity index (χ3n) is 6.82. The minimum atomic E-state index is -3.94. The van der Waals surface area contributed by atoms with E-state index < -0.39 is 22.1 Å². The summed E-state index contributed by atoms with van der Waals surface area (Å²) in [6.07, 6.45) is 5.57. The Morgan fingerprint density at radius 1 is 1.11 bits per heavy atom. The van der Waals surface area contributed by atoms with Gasteiger partial charge in [-0.1, -0.05) is 23.7 Å². The van der Waals surface area contributed by atoms with Crippen molar-refractivity contribution in [2.24, 2.45) is 0 Å². The van der Waals surface area contributed by atoms with Gasteiger partial charge in [0, 0.05) is 36.5 Å². The largest absolute Gasteiger partial charge is 0.334 e. The van der Waals surface area contributed by atoms with Crippen molar-refractivity contribution in [2.75, 3.05) is 6.54 Å². The van der Waals surface area contributed by atoms with Crippen molar-refractivity contribution in [3.05, 3.63) is 71.5 Å². The van der Waals surface area contributed by atoms with Gasteiger partial charge in [-0.2, -0.15) is 4.72 Å². The number of carbonyl (C=O) groups excluding carboxylic acids is 2. The van der Waals surface area contributed by atoms with E-state index in [2.05, 4.69) is 9.71 Å². The molecule has 1 saturated heterocycles. The maximum absolute atomic E-state index is 13.4. The summed E-state index contributed by atoms with van der Waals surface area (Å²) in [5.41, 5.74) is 0.980. The Bertz CT molecular complexity index is 1410. The van der Waals surface area contributed by atoms with Crippen LogP contribution < -0.4 is 4.72 Å². The third-order valence-corrected chi connectivity index (χ3v) is 8.52. The lowest BCUT2D eigenvalue weighted by atomic mass is 10.1. The highest BCUT2D eigenvalue weighted by Crippen LogP contribution is 2.30. The van der Waals surface area contributed by atoms with Crippen LogP contribution in [-0.4, -0.2) is 59.7 Å². The van der Waals surface area contributed by atoms with Gasteiger partial charge in [-0.3, -0.25) is 14.6 Å². The molecule has 2 heterocycles. The Morgan fingerprint density at radius 3 is 2.53 bits per heavy atom. The molecule has 2 atom stereocenters. The monoisotopic (exact) mass is 526 g/mol. The fourth-order valence-corrected chi connectivity index (χ4v) is 6.08. The van der Waals surface area contributed by atoms with Crippen molar-refractivity contribution in [1.82, 2.24) is 19.5 Å². The molecule has 1 aliphatic heterocycles. The molecule has 10 heteroatoms. The van der Waals surface area contributed by atoms with Crippen molar-refractivity contribution in [3.8, 4) is 0 Å². The summed E-state index contributed by atoms with van der Waals surface area (Å²) in [4.78, 5) is 34.0. The van der Waals surface area contributed by atoms with Gasteiger partial charge >= 0.3 is 0 Å². The number of hydrogen-bond acceptors (Lipinski definition) is 5. The van der Waals surface area contributed by atoms with Crippen LogP contribution in [0.15, 0.2) is 65.8 Å². The highest BCUT2D eigenvalue weighted by molar-refractivity contribution is 7.89. The highest BCUT2D eigenvalue weighted by atomic mass is 35.5. The van der Waals surface area contributed by atoms with E-state index in [4.69, 9.17) is 11.6 Å². The molecular weight excluding hydrogens is 500 g/mol. The number of nitrogens with one attached hydrogen (secondary N) is 1. The Morgan fingerprint density at radius 2 is 1.81 bits per heavy atom. The first-order valence-corrected chi connectivity index (χ1v) is 13.8. The summed E-state index contributed by atoms with van der Waals surface area (Å²) in [5, 5.41) is 2.12. The molecule has 8 nitrogen and oxygen atoms in total. The van der Waals surface area contributed by atoms with Crippen LogP contribution in [-0.2, 0) is 26.2 Å². The first-order valence-electron chi connectivity index (χ1n) is 11.9. The number of nitrogens with zero attached hydrogens (tertiary/aromatic N) is 3. The molecule has 36 heavy (non-hydrogen) atoms. The van der Waals surface area contributed by atoms with Crippen molar-refractivity contribution in [2.45, 2.75) is 55.8 Å². The van der Waals surface area contributed by atoms with E-state index in [0.29, 0.717) is 24.5 Å². The van der Waals surface area contributed by atoms with Gasteiger partial charge in [-0.15, -0.1) is 0 Å². The minimum Gasteiger partial charge on any atom is -0.334 e. The van der Waals surface area contributed by atoms with Gasteiger partial charge in [0.15, 0.2) is 0 Å². The average molecular weight is 527 g/mol. The van der Waals surface area contributed by atoms with Gasteiger partial charge in [-0.05, 0) is 78.9 Å². The number of aromatic nitrogens is 1. The summed E-state index contributed by atoms with van der Waals surface area (Å²) in [6.45, 7) is 2.48. The second kappa shape index (κ2) is 9.80. The molecule has 0 bridgehead atoms. The van der Waals surface area contributed by atoms with E-state index in [1.807, 2.05) is 17.0 Å². The SMILES string of the molecule is C[C@@H](C(=O)N(Cc1ccncc1)C1CC1)N1CC[C@H](NS(=O)(=O)c2ccc3cc(Cl)ccc3c2)C1=O. The van der Waals surface area contributed by atoms with Gasteiger partial charge in [0.05, 0.1) is 4.90 Å². The van der Waals surface area contributed by atoms with E-state index in [0.717, 1.165) is 29.2 Å². The fraction of sp³-hybridized carbons (Fsp3) is 0.346. The van der Waals surface area contributed by atoms with Crippen LogP contribution >= 0.6 is 11.6 Å². The zero-order chi connectivity index (χ0) is 25.4. The Hall–Kier alpha value is -3.01. The summed E-state index contributed by atoms with van der Waals surface area (Å²) in [6, 6.07) is 12.3. The lowest BCUT2D eigenvalue weighted by Crippen LogP contribution is -2.50. The molecule has 0 radical (unpaired) electrons. The van der Waals surface area contributed by atoms with E-state index >= 15 is 0 Å². The molecule has 3 aromatic rings. The van der Waals surface area contributed by atoms with Gasteiger partial charge in [0.25, 0.3) is 0 Å².